The summed E-state index contributed by atoms with van der Waals surface area (Å²) < 4.78 is 0. The van der Waals surface area contributed by atoms with E-state index >= 15 is 0 Å². The lowest BCUT2D eigenvalue weighted by Gasteiger charge is -2.17. The molecular weight excluding hydrogens is 358 g/mol. The molecule has 0 aliphatic carbocycles. The first-order valence-electron chi connectivity index (χ1n) is 8.72. The van der Waals surface area contributed by atoms with Crippen LogP contribution in [0.25, 0.3) is 0 Å². The van der Waals surface area contributed by atoms with E-state index in [2.05, 4.69) is 11.4 Å². The van der Waals surface area contributed by atoms with Gasteiger partial charge in [-0.25, -0.2) is 0 Å². The average molecular weight is 382 g/mol. The molecule has 1 N–H and O–H groups in total. The number of carbonyl (C=O) groups excluding carboxylic acids is 2. The predicted molar refractivity (Wildman–Crippen MR) is 109 cm³/mol. The summed E-state index contributed by atoms with van der Waals surface area (Å²) in [7, 11) is 1.63. The lowest BCUT2D eigenvalue weighted by atomic mass is 10.1. The van der Waals surface area contributed by atoms with E-state index in [9.17, 15) is 9.59 Å². The Labute approximate surface area is 164 Å². The standard InChI is InChI=1S/C21H23N3O2S/c1-3-18-6-4-5-7-19(18)23-20(25)13-24(2)21(26)15-27-14-17-10-8-16(12-22)9-11-17/h4-11H,3,13-15H2,1-2H3,(H,23,25). The van der Waals surface area contributed by atoms with Gasteiger partial charge in [0.25, 0.3) is 0 Å². The molecule has 0 heterocycles. The van der Waals surface area contributed by atoms with Crippen molar-refractivity contribution in [2.75, 3.05) is 24.7 Å². The van der Waals surface area contributed by atoms with Gasteiger partial charge in [-0.1, -0.05) is 37.3 Å². The van der Waals surface area contributed by atoms with Crippen LogP contribution in [0.2, 0.25) is 0 Å². The van der Waals surface area contributed by atoms with Crippen molar-refractivity contribution in [1.29, 1.82) is 5.26 Å². The van der Waals surface area contributed by atoms with Crippen LogP contribution in [0, 0.1) is 11.3 Å². The number of thioether (sulfide) groups is 1. The molecule has 5 nitrogen and oxygen atoms in total. The van der Waals surface area contributed by atoms with Crippen molar-refractivity contribution in [3.05, 3.63) is 65.2 Å². The van der Waals surface area contributed by atoms with Crippen LogP contribution in [-0.2, 0) is 21.8 Å². The molecule has 0 aliphatic heterocycles. The van der Waals surface area contributed by atoms with Crippen LogP contribution >= 0.6 is 11.8 Å². The number of carbonyl (C=O) groups is 2. The molecule has 0 fully saturated rings. The molecule has 0 aromatic heterocycles. The van der Waals surface area contributed by atoms with Crippen molar-refractivity contribution >= 4 is 29.3 Å². The summed E-state index contributed by atoms with van der Waals surface area (Å²) in [4.78, 5) is 25.9. The van der Waals surface area contributed by atoms with Crippen molar-refractivity contribution < 1.29 is 9.59 Å². The Morgan fingerprint density at radius 2 is 1.85 bits per heavy atom. The zero-order valence-electron chi connectivity index (χ0n) is 15.6. The van der Waals surface area contributed by atoms with E-state index in [1.54, 1.807) is 19.2 Å². The fourth-order valence-corrected chi connectivity index (χ4v) is 3.41. The minimum atomic E-state index is -0.205. The van der Waals surface area contributed by atoms with Gasteiger partial charge in [-0.15, -0.1) is 11.8 Å². The number of nitrogens with one attached hydrogen (secondary N) is 1. The van der Waals surface area contributed by atoms with E-state index in [0.29, 0.717) is 17.1 Å². The van der Waals surface area contributed by atoms with Crippen LogP contribution in [-0.4, -0.2) is 36.1 Å². The number of hydrogen-bond donors (Lipinski definition) is 1. The van der Waals surface area contributed by atoms with Crippen LogP contribution in [0.3, 0.4) is 0 Å². The van der Waals surface area contributed by atoms with E-state index in [-0.39, 0.29) is 18.4 Å². The van der Waals surface area contributed by atoms with Gasteiger partial charge in [-0.05, 0) is 35.7 Å². The molecule has 0 saturated heterocycles. The Kier molecular flexibility index (Phi) is 7.90. The van der Waals surface area contributed by atoms with Crippen LogP contribution in [0.15, 0.2) is 48.5 Å². The minimum absolute atomic E-state index is 0.0221. The van der Waals surface area contributed by atoms with Gasteiger partial charge in [0.1, 0.15) is 0 Å². The van der Waals surface area contributed by atoms with E-state index in [1.807, 2.05) is 43.3 Å². The highest BCUT2D eigenvalue weighted by atomic mass is 32.2. The van der Waals surface area contributed by atoms with E-state index in [0.717, 1.165) is 23.2 Å². The first-order chi connectivity index (χ1) is 13.0. The minimum Gasteiger partial charge on any atom is -0.336 e. The van der Waals surface area contributed by atoms with Gasteiger partial charge in [-0.3, -0.25) is 9.59 Å². The molecule has 140 valence electrons. The SMILES string of the molecule is CCc1ccccc1NC(=O)CN(C)C(=O)CSCc1ccc(C#N)cc1. The summed E-state index contributed by atoms with van der Waals surface area (Å²) in [6, 6.07) is 17.0. The lowest BCUT2D eigenvalue weighted by Crippen LogP contribution is -2.36. The number of hydrogen-bond acceptors (Lipinski definition) is 4. The monoisotopic (exact) mass is 381 g/mol. The molecule has 2 amide bonds. The summed E-state index contributed by atoms with van der Waals surface area (Å²) in [6.45, 7) is 2.06. The Balaban J connectivity index is 1.77. The smallest absolute Gasteiger partial charge is 0.243 e. The highest BCUT2D eigenvalue weighted by Gasteiger charge is 2.14. The van der Waals surface area contributed by atoms with Crippen molar-refractivity contribution in [2.45, 2.75) is 19.1 Å². The zero-order chi connectivity index (χ0) is 19.6. The van der Waals surface area contributed by atoms with Gasteiger partial charge < -0.3 is 10.2 Å². The van der Waals surface area contributed by atoms with Crippen LogP contribution in [0.5, 0.6) is 0 Å². The average Bonchev–Trinajstić information content (AvgIpc) is 2.68. The topological polar surface area (TPSA) is 73.2 Å². The largest absolute Gasteiger partial charge is 0.336 e. The predicted octanol–water partition coefficient (Wildman–Crippen LogP) is 3.45. The summed E-state index contributed by atoms with van der Waals surface area (Å²) in [5, 5.41) is 11.7. The molecule has 0 radical (unpaired) electrons. The number of nitrogens with zero attached hydrogens (tertiary/aromatic N) is 2. The number of likely N-dealkylation sites (N-methyl/N-ethyl adjacent to an activating group) is 1. The van der Waals surface area contributed by atoms with Gasteiger partial charge in [0, 0.05) is 18.5 Å². The first-order valence-corrected chi connectivity index (χ1v) is 9.87. The molecule has 2 aromatic carbocycles. The number of amides is 2. The highest BCUT2D eigenvalue weighted by Crippen LogP contribution is 2.16. The van der Waals surface area contributed by atoms with Crippen LogP contribution < -0.4 is 5.32 Å². The van der Waals surface area contributed by atoms with Gasteiger partial charge >= 0.3 is 0 Å². The van der Waals surface area contributed by atoms with Gasteiger partial charge in [-0.2, -0.15) is 5.26 Å². The van der Waals surface area contributed by atoms with Gasteiger partial charge in [0.05, 0.1) is 23.9 Å². The fraction of sp³-hybridized carbons (Fsp3) is 0.286. The molecule has 6 heteroatoms. The third-order valence-corrected chi connectivity index (χ3v) is 5.04. The molecule has 0 unspecified atom stereocenters. The third-order valence-electron chi connectivity index (χ3n) is 4.06. The normalized spacial score (nSPS) is 10.1. The third kappa shape index (κ3) is 6.46. The van der Waals surface area contributed by atoms with Gasteiger partial charge in [0.2, 0.25) is 11.8 Å². The molecule has 0 atom stereocenters. The Hall–Kier alpha value is -2.78. The summed E-state index contributed by atoms with van der Waals surface area (Å²) in [5.74, 6) is 0.688. The summed E-state index contributed by atoms with van der Waals surface area (Å²) >= 11 is 1.49. The number of nitriles is 1. The highest BCUT2D eigenvalue weighted by molar-refractivity contribution is 7.99. The van der Waals surface area contributed by atoms with Crippen molar-refractivity contribution in [2.24, 2.45) is 0 Å². The van der Waals surface area contributed by atoms with Crippen molar-refractivity contribution in [3.63, 3.8) is 0 Å². The van der Waals surface area contributed by atoms with Crippen molar-refractivity contribution in [1.82, 2.24) is 4.90 Å². The number of para-hydroxylation sites is 1. The zero-order valence-corrected chi connectivity index (χ0v) is 16.4. The van der Waals surface area contributed by atoms with E-state index < -0.39 is 0 Å². The second kappa shape index (κ2) is 10.4. The fourth-order valence-electron chi connectivity index (χ4n) is 2.49. The number of aryl methyl sites for hydroxylation is 1. The Bertz CT molecular complexity index is 828. The molecule has 27 heavy (non-hydrogen) atoms. The molecular formula is C21H23N3O2S. The van der Waals surface area contributed by atoms with E-state index in [4.69, 9.17) is 5.26 Å². The number of benzene rings is 2. The Morgan fingerprint density at radius 1 is 1.15 bits per heavy atom. The molecule has 2 rings (SSSR count). The quantitative estimate of drug-likeness (QED) is 0.760. The number of rotatable bonds is 8. The molecule has 0 saturated carbocycles. The maximum atomic E-state index is 12.2. The van der Waals surface area contributed by atoms with Crippen LogP contribution in [0.4, 0.5) is 5.69 Å². The molecule has 0 spiro atoms. The van der Waals surface area contributed by atoms with E-state index in [1.165, 1.54) is 16.7 Å². The summed E-state index contributed by atoms with van der Waals surface area (Å²) in [5.41, 5.74) is 3.54. The maximum Gasteiger partial charge on any atom is 0.243 e. The maximum absolute atomic E-state index is 12.2. The second-order valence-electron chi connectivity index (χ2n) is 6.11. The second-order valence-corrected chi connectivity index (χ2v) is 7.10. The van der Waals surface area contributed by atoms with Crippen molar-refractivity contribution in [3.8, 4) is 6.07 Å². The molecule has 0 bridgehead atoms. The lowest BCUT2D eigenvalue weighted by molar-refractivity contribution is -0.131. The van der Waals surface area contributed by atoms with Gasteiger partial charge in [0.15, 0.2) is 0 Å². The first kappa shape index (κ1) is 20.5. The number of anilines is 1. The Morgan fingerprint density at radius 3 is 2.52 bits per heavy atom. The van der Waals surface area contributed by atoms with Crippen LogP contribution in [0.1, 0.15) is 23.6 Å². The molecule has 0 aliphatic rings. The molecule has 2 aromatic rings. The summed E-state index contributed by atoms with van der Waals surface area (Å²) in [6.07, 6.45) is 0.831.